The van der Waals surface area contributed by atoms with Crippen molar-refractivity contribution in [1.29, 1.82) is 0 Å². The van der Waals surface area contributed by atoms with E-state index < -0.39 is 6.03 Å². The van der Waals surface area contributed by atoms with Crippen LogP contribution < -0.4 is 16.4 Å². The lowest BCUT2D eigenvalue weighted by Crippen LogP contribution is -2.26. The molecular formula is C16H25N3O. The average molecular weight is 275 g/mol. The second-order valence-corrected chi connectivity index (χ2v) is 5.72. The molecule has 1 aromatic rings. The minimum atomic E-state index is -0.528. The van der Waals surface area contributed by atoms with Crippen LogP contribution in [0, 0.1) is 5.92 Å². The van der Waals surface area contributed by atoms with Gasteiger partial charge in [-0.25, -0.2) is 4.79 Å². The molecule has 0 spiro atoms. The number of carbonyl (C=O) groups excluding carboxylic acids is 1. The molecule has 2 rings (SSSR count). The van der Waals surface area contributed by atoms with Gasteiger partial charge in [-0.15, -0.1) is 0 Å². The molecule has 4 nitrogen and oxygen atoms in total. The van der Waals surface area contributed by atoms with Crippen molar-refractivity contribution in [3.8, 4) is 0 Å². The number of benzene rings is 1. The van der Waals surface area contributed by atoms with Crippen molar-refractivity contribution < 1.29 is 4.79 Å². The molecule has 0 radical (unpaired) electrons. The zero-order valence-electron chi connectivity index (χ0n) is 12.2. The Kier molecular flexibility index (Phi) is 5.27. The molecule has 0 aromatic heterocycles. The van der Waals surface area contributed by atoms with Gasteiger partial charge in [-0.3, -0.25) is 0 Å². The van der Waals surface area contributed by atoms with Crippen LogP contribution in [0.15, 0.2) is 24.3 Å². The summed E-state index contributed by atoms with van der Waals surface area (Å²) in [6.45, 7) is 2.27. The SMILES string of the molecule is CCCC1CCC(Nc2ccc(NC(N)=O)cc2)CC1. The third-order valence-electron chi connectivity index (χ3n) is 4.07. The monoisotopic (exact) mass is 275 g/mol. The first kappa shape index (κ1) is 14.7. The highest BCUT2D eigenvalue weighted by Gasteiger charge is 2.20. The number of anilines is 2. The molecule has 1 saturated carbocycles. The van der Waals surface area contributed by atoms with Gasteiger partial charge in [0, 0.05) is 17.4 Å². The molecule has 0 heterocycles. The molecule has 0 saturated heterocycles. The molecule has 1 aliphatic carbocycles. The number of amides is 2. The topological polar surface area (TPSA) is 67.2 Å². The molecule has 4 N–H and O–H groups in total. The summed E-state index contributed by atoms with van der Waals surface area (Å²) in [4.78, 5) is 10.7. The summed E-state index contributed by atoms with van der Waals surface area (Å²) in [5.74, 6) is 0.931. The van der Waals surface area contributed by atoms with Crippen molar-refractivity contribution in [3.63, 3.8) is 0 Å². The van der Waals surface area contributed by atoms with Gasteiger partial charge in [0.1, 0.15) is 0 Å². The van der Waals surface area contributed by atoms with E-state index in [4.69, 9.17) is 5.73 Å². The maximum atomic E-state index is 10.7. The molecular weight excluding hydrogens is 250 g/mol. The quantitative estimate of drug-likeness (QED) is 0.761. The summed E-state index contributed by atoms with van der Waals surface area (Å²) in [6.07, 6.45) is 7.87. The first-order valence-corrected chi connectivity index (χ1v) is 7.60. The van der Waals surface area contributed by atoms with Crippen LogP contribution in [0.1, 0.15) is 45.4 Å². The molecule has 0 bridgehead atoms. The third-order valence-corrected chi connectivity index (χ3v) is 4.07. The first-order valence-electron chi connectivity index (χ1n) is 7.60. The summed E-state index contributed by atoms with van der Waals surface area (Å²) in [7, 11) is 0. The number of nitrogens with two attached hydrogens (primary N) is 1. The zero-order chi connectivity index (χ0) is 14.4. The number of hydrogen-bond donors (Lipinski definition) is 3. The predicted octanol–water partition coefficient (Wildman–Crippen LogP) is 3.95. The van der Waals surface area contributed by atoms with Gasteiger partial charge in [-0.2, -0.15) is 0 Å². The Morgan fingerprint density at radius 2 is 1.75 bits per heavy atom. The highest BCUT2D eigenvalue weighted by Crippen LogP contribution is 2.29. The Balaban J connectivity index is 1.80. The molecule has 0 unspecified atom stereocenters. The van der Waals surface area contributed by atoms with Crippen molar-refractivity contribution in [2.24, 2.45) is 11.7 Å². The Hall–Kier alpha value is -1.71. The largest absolute Gasteiger partial charge is 0.382 e. The van der Waals surface area contributed by atoms with E-state index in [0.717, 1.165) is 17.3 Å². The lowest BCUT2D eigenvalue weighted by atomic mass is 9.83. The average Bonchev–Trinajstić information content (AvgIpc) is 2.43. The molecule has 0 atom stereocenters. The van der Waals surface area contributed by atoms with Crippen molar-refractivity contribution in [2.75, 3.05) is 10.6 Å². The molecule has 1 aromatic carbocycles. The van der Waals surface area contributed by atoms with Gasteiger partial charge in [0.25, 0.3) is 0 Å². The molecule has 2 amide bonds. The maximum absolute atomic E-state index is 10.7. The number of urea groups is 1. The third kappa shape index (κ3) is 4.44. The fourth-order valence-electron chi connectivity index (χ4n) is 3.03. The zero-order valence-corrected chi connectivity index (χ0v) is 12.2. The normalized spacial score (nSPS) is 22.2. The van der Waals surface area contributed by atoms with Crippen LogP contribution in [-0.4, -0.2) is 12.1 Å². The van der Waals surface area contributed by atoms with E-state index in [1.54, 1.807) is 0 Å². The fraction of sp³-hybridized carbons (Fsp3) is 0.562. The fourth-order valence-corrected chi connectivity index (χ4v) is 3.03. The minimum absolute atomic E-state index is 0.528. The van der Waals surface area contributed by atoms with Gasteiger partial charge >= 0.3 is 6.03 Å². The summed E-state index contributed by atoms with van der Waals surface area (Å²) in [5, 5.41) is 6.15. The summed E-state index contributed by atoms with van der Waals surface area (Å²) >= 11 is 0. The maximum Gasteiger partial charge on any atom is 0.316 e. The first-order chi connectivity index (χ1) is 9.67. The van der Waals surface area contributed by atoms with Crippen LogP contribution in [0.5, 0.6) is 0 Å². The van der Waals surface area contributed by atoms with E-state index in [1.165, 1.54) is 38.5 Å². The minimum Gasteiger partial charge on any atom is -0.382 e. The van der Waals surface area contributed by atoms with E-state index in [9.17, 15) is 4.79 Å². The summed E-state index contributed by atoms with van der Waals surface area (Å²) in [5.41, 5.74) is 6.93. The summed E-state index contributed by atoms with van der Waals surface area (Å²) < 4.78 is 0. The van der Waals surface area contributed by atoms with Crippen LogP contribution in [-0.2, 0) is 0 Å². The Labute approximate surface area is 121 Å². The lowest BCUT2D eigenvalue weighted by molar-refractivity contribution is 0.259. The second-order valence-electron chi connectivity index (χ2n) is 5.72. The lowest BCUT2D eigenvalue weighted by Gasteiger charge is -2.29. The van der Waals surface area contributed by atoms with Crippen LogP contribution in [0.25, 0.3) is 0 Å². The molecule has 1 aliphatic rings. The van der Waals surface area contributed by atoms with Crippen LogP contribution in [0.4, 0.5) is 16.2 Å². The van der Waals surface area contributed by atoms with Crippen molar-refractivity contribution >= 4 is 17.4 Å². The van der Waals surface area contributed by atoms with E-state index >= 15 is 0 Å². The number of carbonyl (C=O) groups is 1. The van der Waals surface area contributed by atoms with Crippen molar-refractivity contribution in [3.05, 3.63) is 24.3 Å². The Morgan fingerprint density at radius 3 is 2.30 bits per heavy atom. The van der Waals surface area contributed by atoms with Gasteiger partial charge in [-0.1, -0.05) is 19.8 Å². The Bertz CT molecular complexity index is 422. The highest BCUT2D eigenvalue weighted by atomic mass is 16.2. The van der Waals surface area contributed by atoms with Gasteiger partial charge < -0.3 is 16.4 Å². The van der Waals surface area contributed by atoms with Crippen LogP contribution in [0.3, 0.4) is 0 Å². The van der Waals surface area contributed by atoms with Gasteiger partial charge in [0.15, 0.2) is 0 Å². The van der Waals surface area contributed by atoms with Gasteiger partial charge in [0.2, 0.25) is 0 Å². The standard InChI is InChI=1S/C16H25N3O/c1-2-3-12-4-6-13(7-5-12)18-14-8-10-15(11-9-14)19-16(17)20/h8-13,18H,2-7H2,1H3,(H3,17,19,20). The van der Waals surface area contributed by atoms with E-state index in [2.05, 4.69) is 17.6 Å². The van der Waals surface area contributed by atoms with Gasteiger partial charge in [-0.05, 0) is 55.9 Å². The van der Waals surface area contributed by atoms with E-state index in [0.29, 0.717) is 6.04 Å². The second kappa shape index (κ2) is 7.17. The number of primary amides is 1. The number of nitrogens with one attached hydrogen (secondary N) is 2. The number of hydrogen-bond acceptors (Lipinski definition) is 2. The number of rotatable bonds is 5. The van der Waals surface area contributed by atoms with Crippen LogP contribution >= 0.6 is 0 Å². The van der Waals surface area contributed by atoms with E-state index in [-0.39, 0.29) is 0 Å². The van der Waals surface area contributed by atoms with Gasteiger partial charge in [0.05, 0.1) is 0 Å². The van der Waals surface area contributed by atoms with Crippen molar-refractivity contribution in [2.45, 2.75) is 51.5 Å². The van der Waals surface area contributed by atoms with E-state index in [1.807, 2.05) is 24.3 Å². The molecule has 0 aliphatic heterocycles. The molecule has 1 fully saturated rings. The highest BCUT2D eigenvalue weighted by molar-refractivity contribution is 5.87. The van der Waals surface area contributed by atoms with Crippen molar-refractivity contribution in [1.82, 2.24) is 0 Å². The smallest absolute Gasteiger partial charge is 0.316 e. The predicted molar refractivity (Wildman–Crippen MR) is 83.9 cm³/mol. The molecule has 20 heavy (non-hydrogen) atoms. The molecule has 4 heteroatoms. The summed E-state index contributed by atoms with van der Waals surface area (Å²) in [6, 6.07) is 7.77. The van der Waals surface area contributed by atoms with Crippen LogP contribution in [0.2, 0.25) is 0 Å². The Morgan fingerprint density at radius 1 is 1.15 bits per heavy atom. The molecule has 110 valence electrons.